The van der Waals surface area contributed by atoms with E-state index in [0.717, 1.165) is 30.5 Å². The standard InChI is InChI=1S/C12H23N3O2/c1-4-17-11(16)8-15(3)12(13)9-6-5-7-10(9)14-2/h11,13-14,16H,4-8H2,1-3H3. The van der Waals surface area contributed by atoms with Crippen molar-refractivity contribution in [3.05, 3.63) is 11.3 Å². The fourth-order valence-electron chi connectivity index (χ4n) is 2.08. The average molecular weight is 241 g/mol. The van der Waals surface area contributed by atoms with Gasteiger partial charge in [-0.05, 0) is 26.2 Å². The van der Waals surface area contributed by atoms with E-state index in [0.29, 0.717) is 19.0 Å². The summed E-state index contributed by atoms with van der Waals surface area (Å²) < 4.78 is 5.06. The van der Waals surface area contributed by atoms with Crippen molar-refractivity contribution in [3.63, 3.8) is 0 Å². The number of likely N-dealkylation sites (N-methyl/N-ethyl adjacent to an activating group) is 1. The normalized spacial score (nSPS) is 17.2. The summed E-state index contributed by atoms with van der Waals surface area (Å²) in [5.74, 6) is 0.477. The van der Waals surface area contributed by atoms with Gasteiger partial charge in [0.25, 0.3) is 0 Å². The van der Waals surface area contributed by atoms with E-state index in [1.165, 1.54) is 0 Å². The number of aliphatic hydroxyl groups is 1. The molecular formula is C12H23N3O2. The largest absolute Gasteiger partial charge is 0.391 e. The molecule has 0 amide bonds. The average Bonchev–Trinajstić information content (AvgIpc) is 2.76. The van der Waals surface area contributed by atoms with E-state index < -0.39 is 6.29 Å². The van der Waals surface area contributed by atoms with Crippen LogP contribution in [0.1, 0.15) is 26.2 Å². The molecule has 17 heavy (non-hydrogen) atoms. The Hall–Kier alpha value is -1.07. The van der Waals surface area contributed by atoms with Gasteiger partial charge in [-0.25, -0.2) is 0 Å². The van der Waals surface area contributed by atoms with Gasteiger partial charge in [-0.3, -0.25) is 5.41 Å². The molecular weight excluding hydrogens is 218 g/mol. The zero-order chi connectivity index (χ0) is 12.8. The molecule has 0 aromatic heterocycles. The third-order valence-corrected chi connectivity index (χ3v) is 2.98. The highest BCUT2D eigenvalue weighted by Gasteiger charge is 2.21. The fourth-order valence-corrected chi connectivity index (χ4v) is 2.08. The van der Waals surface area contributed by atoms with Gasteiger partial charge in [0.05, 0.1) is 6.54 Å². The molecule has 5 nitrogen and oxygen atoms in total. The Bertz CT molecular complexity index is 302. The maximum atomic E-state index is 9.54. The maximum absolute atomic E-state index is 9.54. The molecule has 0 saturated carbocycles. The van der Waals surface area contributed by atoms with Crippen molar-refractivity contribution in [3.8, 4) is 0 Å². The molecule has 1 unspecified atom stereocenters. The van der Waals surface area contributed by atoms with E-state index in [4.69, 9.17) is 10.1 Å². The number of rotatable bonds is 6. The Balaban J connectivity index is 2.57. The van der Waals surface area contributed by atoms with Crippen LogP contribution in [0, 0.1) is 5.41 Å². The molecule has 0 saturated heterocycles. The van der Waals surface area contributed by atoms with Gasteiger partial charge in [0, 0.05) is 32.0 Å². The van der Waals surface area contributed by atoms with Crippen molar-refractivity contribution in [1.82, 2.24) is 10.2 Å². The van der Waals surface area contributed by atoms with Crippen LogP contribution in [0.5, 0.6) is 0 Å². The monoisotopic (exact) mass is 241 g/mol. The minimum Gasteiger partial charge on any atom is -0.391 e. The van der Waals surface area contributed by atoms with Crippen LogP contribution in [0.2, 0.25) is 0 Å². The first-order valence-electron chi connectivity index (χ1n) is 6.09. The molecule has 0 radical (unpaired) electrons. The van der Waals surface area contributed by atoms with Crippen LogP contribution in [-0.2, 0) is 4.74 Å². The number of nitrogens with zero attached hydrogens (tertiary/aromatic N) is 1. The summed E-state index contributed by atoms with van der Waals surface area (Å²) in [5, 5.41) is 20.8. The fraction of sp³-hybridized carbons (Fsp3) is 0.750. The van der Waals surface area contributed by atoms with E-state index in [1.807, 2.05) is 21.0 Å². The molecule has 0 aromatic carbocycles. The van der Waals surface area contributed by atoms with Gasteiger partial charge in [0.15, 0.2) is 6.29 Å². The summed E-state index contributed by atoms with van der Waals surface area (Å²) >= 11 is 0. The molecule has 5 heteroatoms. The first-order chi connectivity index (χ1) is 8.10. The van der Waals surface area contributed by atoms with Crippen molar-refractivity contribution in [2.45, 2.75) is 32.5 Å². The molecule has 3 N–H and O–H groups in total. The minimum atomic E-state index is -0.828. The van der Waals surface area contributed by atoms with Gasteiger partial charge >= 0.3 is 0 Å². The van der Waals surface area contributed by atoms with Crippen LogP contribution in [0.4, 0.5) is 0 Å². The van der Waals surface area contributed by atoms with Crippen LogP contribution >= 0.6 is 0 Å². The minimum absolute atomic E-state index is 0.327. The number of nitrogens with one attached hydrogen (secondary N) is 2. The van der Waals surface area contributed by atoms with Crippen molar-refractivity contribution in [2.75, 3.05) is 27.2 Å². The highest BCUT2D eigenvalue weighted by molar-refractivity contribution is 5.96. The van der Waals surface area contributed by atoms with Crippen molar-refractivity contribution in [2.24, 2.45) is 0 Å². The highest BCUT2D eigenvalue weighted by Crippen LogP contribution is 2.25. The van der Waals surface area contributed by atoms with Gasteiger partial charge < -0.3 is 20.1 Å². The second-order valence-corrected chi connectivity index (χ2v) is 4.20. The molecule has 0 bridgehead atoms. The zero-order valence-electron chi connectivity index (χ0n) is 10.9. The molecule has 0 aliphatic heterocycles. The van der Waals surface area contributed by atoms with Crippen LogP contribution in [0.15, 0.2) is 11.3 Å². The number of hydrogen-bond donors (Lipinski definition) is 3. The zero-order valence-corrected chi connectivity index (χ0v) is 10.9. The van der Waals surface area contributed by atoms with E-state index in [1.54, 1.807) is 4.90 Å². The summed E-state index contributed by atoms with van der Waals surface area (Å²) in [7, 11) is 3.70. The molecule has 1 aliphatic rings. The molecule has 98 valence electrons. The first-order valence-corrected chi connectivity index (χ1v) is 6.09. The molecule has 0 heterocycles. The molecule has 1 aliphatic carbocycles. The number of allylic oxidation sites excluding steroid dienone is 1. The third-order valence-electron chi connectivity index (χ3n) is 2.98. The Kier molecular flexibility index (Phi) is 5.44. The van der Waals surface area contributed by atoms with E-state index in [2.05, 4.69) is 5.32 Å². The molecule has 0 fully saturated rings. The molecule has 0 aromatic rings. The lowest BCUT2D eigenvalue weighted by molar-refractivity contribution is -0.100. The summed E-state index contributed by atoms with van der Waals surface area (Å²) in [6, 6.07) is 0. The lowest BCUT2D eigenvalue weighted by Crippen LogP contribution is -2.36. The lowest BCUT2D eigenvalue weighted by atomic mass is 10.2. The van der Waals surface area contributed by atoms with Gasteiger partial charge in [0.2, 0.25) is 0 Å². The van der Waals surface area contributed by atoms with Gasteiger partial charge in [-0.15, -0.1) is 0 Å². The van der Waals surface area contributed by atoms with Crippen molar-refractivity contribution in [1.29, 1.82) is 5.41 Å². The summed E-state index contributed by atoms with van der Waals surface area (Å²) in [6.07, 6.45) is 2.21. The van der Waals surface area contributed by atoms with Crippen LogP contribution in [-0.4, -0.2) is 49.4 Å². The molecule has 1 atom stereocenters. The van der Waals surface area contributed by atoms with Gasteiger partial charge in [0.1, 0.15) is 5.84 Å². The SMILES string of the molecule is CCOC(O)CN(C)C(=N)C1=C(NC)CCC1. The van der Waals surface area contributed by atoms with E-state index in [9.17, 15) is 5.11 Å². The summed E-state index contributed by atoms with van der Waals surface area (Å²) in [5.41, 5.74) is 2.20. The van der Waals surface area contributed by atoms with Crippen molar-refractivity contribution >= 4 is 5.84 Å². The van der Waals surface area contributed by atoms with Crippen LogP contribution < -0.4 is 5.32 Å². The predicted octanol–water partition coefficient (Wildman–Crippen LogP) is 0.908. The molecule has 1 rings (SSSR count). The predicted molar refractivity (Wildman–Crippen MR) is 67.9 cm³/mol. The second kappa shape index (κ2) is 6.61. The third kappa shape index (κ3) is 3.71. The smallest absolute Gasteiger partial charge is 0.172 e. The topological polar surface area (TPSA) is 68.6 Å². The summed E-state index contributed by atoms with van der Waals surface area (Å²) in [4.78, 5) is 1.73. The van der Waals surface area contributed by atoms with E-state index in [-0.39, 0.29) is 0 Å². The Morgan fingerprint density at radius 3 is 2.88 bits per heavy atom. The van der Waals surface area contributed by atoms with E-state index >= 15 is 0 Å². The lowest BCUT2D eigenvalue weighted by Gasteiger charge is -2.24. The maximum Gasteiger partial charge on any atom is 0.172 e. The second-order valence-electron chi connectivity index (χ2n) is 4.20. The molecule has 0 spiro atoms. The Morgan fingerprint density at radius 1 is 1.59 bits per heavy atom. The number of hydrogen-bond acceptors (Lipinski definition) is 4. The number of ether oxygens (including phenoxy) is 1. The first kappa shape index (κ1) is 14.0. The van der Waals surface area contributed by atoms with Crippen LogP contribution in [0.25, 0.3) is 0 Å². The Labute approximate surface area is 103 Å². The van der Waals surface area contributed by atoms with Gasteiger partial charge in [-0.2, -0.15) is 0 Å². The Morgan fingerprint density at radius 2 is 2.29 bits per heavy atom. The van der Waals surface area contributed by atoms with Crippen molar-refractivity contribution < 1.29 is 9.84 Å². The number of amidine groups is 1. The summed E-state index contributed by atoms with van der Waals surface area (Å²) in [6.45, 7) is 2.65. The quantitative estimate of drug-likeness (QED) is 0.367. The highest BCUT2D eigenvalue weighted by atomic mass is 16.6. The van der Waals surface area contributed by atoms with Crippen LogP contribution in [0.3, 0.4) is 0 Å². The number of aliphatic hydroxyl groups excluding tert-OH is 1. The van der Waals surface area contributed by atoms with Gasteiger partial charge in [-0.1, -0.05) is 0 Å².